The van der Waals surface area contributed by atoms with E-state index in [9.17, 15) is 9.59 Å². The van der Waals surface area contributed by atoms with Gasteiger partial charge in [-0.15, -0.1) is 0 Å². The normalized spacial score (nSPS) is 13.9. The van der Waals surface area contributed by atoms with Crippen LogP contribution in [0.5, 0.6) is 5.75 Å². The van der Waals surface area contributed by atoms with Crippen molar-refractivity contribution in [2.45, 2.75) is 19.8 Å². The number of hydrogen-bond acceptors (Lipinski definition) is 3. The van der Waals surface area contributed by atoms with Gasteiger partial charge in [-0.1, -0.05) is 0 Å². The molecule has 0 unspecified atom stereocenters. The third-order valence-corrected chi connectivity index (χ3v) is 4.17. The molecule has 0 bridgehead atoms. The van der Waals surface area contributed by atoms with Crippen molar-refractivity contribution >= 4 is 23.2 Å². The van der Waals surface area contributed by atoms with Crippen molar-refractivity contribution in [3.63, 3.8) is 0 Å². The van der Waals surface area contributed by atoms with Crippen LogP contribution in [-0.4, -0.2) is 25.5 Å². The van der Waals surface area contributed by atoms with Gasteiger partial charge >= 0.3 is 0 Å². The van der Waals surface area contributed by atoms with Crippen LogP contribution in [0.4, 0.5) is 11.4 Å². The Bertz CT molecular complexity index is 769. The Morgan fingerprint density at radius 3 is 2.50 bits per heavy atom. The molecule has 1 aliphatic rings. The summed E-state index contributed by atoms with van der Waals surface area (Å²) in [4.78, 5) is 25.9. The van der Waals surface area contributed by atoms with E-state index in [1.165, 1.54) is 0 Å². The third kappa shape index (κ3) is 3.25. The Labute approximate surface area is 141 Å². The predicted octanol–water partition coefficient (Wildman–Crippen LogP) is 3.38. The van der Waals surface area contributed by atoms with E-state index in [0.717, 1.165) is 30.0 Å². The van der Waals surface area contributed by atoms with Gasteiger partial charge in [-0.3, -0.25) is 9.59 Å². The van der Waals surface area contributed by atoms with E-state index in [1.54, 1.807) is 30.2 Å². The lowest BCUT2D eigenvalue weighted by atomic mass is 10.1. The van der Waals surface area contributed by atoms with Gasteiger partial charge in [0, 0.05) is 29.9 Å². The zero-order valence-corrected chi connectivity index (χ0v) is 13.8. The Kier molecular flexibility index (Phi) is 4.51. The predicted molar refractivity (Wildman–Crippen MR) is 93.7 cm³/mol. The van der Waals surface area contributed by atoms with E-state index in [1.807, 2.05) is 31.2 Å². The molecule has 0 radical (unpaired) electrons. The van der Waals surface area contributed by atoms with Gasteiger partial charge in [0.05, 0.1) is 7.11 Å². The number of benzene rings is 2. The summed E-state index contributed by atoms with van der Waals surface area (Å²) >= 11 is 0. The first-order chi connectivity index (χ1) is 11.6. The minimum atomic E-state index is -0.175. The maximum Gasteiger partial charge on any atom is 0.255 e. The smallest absolute Gasteiger partial charge is 0.255 e. The summed E-state index contributed by atoms with van der Waals surface area (Å²) < 4.78 is 5.20. The molecule has 0 spiro atoms. The van der Waals surface area contributed by atoms with Crippen LogP contribution in [0.2, 0.25) is 0 Å². The number of methoxy groups -OCH3 is 1. The standard InChI is InChI=1S/C19H20N2O3/c1-13-12-14(5-10-17(13)24-2)19(23)20-15-6-8-16(9-7-15)21-11-3-4-18(21)22/h5-10,12H,3-4,11H2,1-2H3,(H,20,23). The largest absolute Gasteiger partial charge is 0.496 e. The highest BCUT2D eigenvalue weighted by Crippen LogP contribution is 2.24. The fourth-order valence-electron chi connectivity index (χ4n) is 2.87. The molecule has 0 atom stereocenters. The number of anilines is 2. The molecule has 3 rings (SSSR count). The molecule has 24 heavy (non-hydrogen) atoms. The summed E-state index contributed by atoms with van der Waals surface area (Å²) in [5.41, 5.74) is 3.06. The molecular weight excluding hydrogens is 304 g/mol. The second kappa shape index (κ2) is 6.74. The lowest BCUT2D eigenvalue weighted by Gasteiger charge is -2.16. The Balaban J connectivity index is 1.70. The number of aryl methyl sites for hydroxylation is 1. The van der Waals surface area contributed by atoms with E-state index in [4.69, 9.17) is 4.74 Å². The second-order valence-electron chi connectivity index (χ2n) is 5.83. The lowest BCUT2D eigenvalue weighted by molar-refractivity contribution is -0.117. The van der Waals surface area contributed by atoms with Crippen molar-refractivity contribution in [3.05, 3.63) is 53.6 Å². The van der Waals surface area contributed by atoms with Gasteiger partial charge < -0.3 is 15.0 Å². The summed E-state index contributed by atoms with van der Waals surface area (Å²) in [5.74, 6) is 0.734. The van der Waals surface area contributed by atoms with E-state index in [0.29, 0.717) is 17.7 Å². The van der Waals surface area contributed by atoms with Crippen molar-refractivity contribution in [1.29, 1.82) is 0 Å². The van der Waals surface area contributed by atoms with E-state index in [2.05, 4.69) is 5.32 Å². The first-order valence-electron chi connectivity index (χ1n) is 7.95. The molecule has 1 saturated heterocycles. The summed E-state index contributed by atoms with van der Waals surface area (Å²) in [6.45, 7) is 2.66. The molecule has 1 N–H and O–H groups in total. The molecule has 0 aliphatic carbocycles. The fraction of sp³-hybridized carbons (Fsp3) is 0.263. The van der Waals surface area contributed by atoms with Crippen LogP contribution >= 0.6 is 0 Å². The number of nitrogens with one attached hydrogen (secondary N) is 1. The molecule has 2 aromatic rings. The average Bonchev–Trinajstić information content (AvgIpc) is 3.01. The molecular formula is C19H20N2O3. The summed E-state index contributed by atoms with van der Waals surface area (Å²) in [7, 11) is 1.61. The molecule has 5 heteroatoms. The number of nitrogens with zero attached hydrogens (tertiary/aromatic N) is 1. The number of hydrogen-bond donors (Lipinski definition) is 1. The van der Waals surface area contributed by atoms with Crippen LogP contribution < -0.4 is 15.0 Å². The molecule has 5 nitrogen and oxygen atoms in total. The zero-order valence-electron chi connectivity index (χ0n) is 13.8. The van der Waals surface area contributed by atoms with Crippen molar-refractivity contribution < 1.29 is 14.3 Å². The lowest BCUT2D eigenvalue weighted by Crippen LogP contribution is -2.23. The number of ether oxygens (including phenoxy) is 1. The van der Waals surface area contributed by atoms with Crippen molar-refractivity contribution in [1.82, 2.24) is 0 Å². The van der Waals surface area contributed by atoms with Gasteiger partial charge in [-0.05, 0) is 61.4 Å². The highest BCUT2D eigenvalue weighted by atomic mass is 16.5. The molecule has 124 valence electrons. The SMILES string of the molecule is COc1ccc(C(=O)Nc2ccc(N3CCCC3=O)cc2)cc1C. The van der Waals surface area contributed by atoms with Gasteiger partial charge in [-0.2, -0.15) is 0 Å². The topological polar surface area (TPSA) is 58.6 Å². The molecule has 1 fully saturated rings. The highest BCUT2D eigenvalue weighted by Gasteiger charge is 2.21. The fourth-order valence-corrected chi connectivity index (χ4v) is 2.87. The maximum absolute atomic E-state index is 12.3. The zero-order chi connectivity index (χ0) is 17.1. The molecule has 0 aromatic heterocycles. The van der Waals surface area contributed by atoms with Gasteiger partial charge in [-0.25, -0.2) is 0 Å². The van der Waals surface area contributed by atoms with Gasteiger partial charge in [0.25, 0.3) is 5.91 Å². The van der Waals surface area contributed by atoms with Gasteiger partial charge in [0.2, 0.25) is 5.91 Å². The quantitative estimate of drug-likeness (QED) is 0.938. The minimum absolute atomic E-state index is 0.153. The van der Waals surface area contributed by atoms with Crippen molar-refractivity contribution in [2.75, 3.05) is 23.9 Å². The van der Waals surface area contributed by atoms with E-state index < -0.39 is 0 Å². The first-order valence-corrected chi connectivity index (χ1v) is 7.95. The van der Waals surface area contributed by atoms with E-state index >= 15 is 0 Å². The molecule has 2 amide bonds. The molecule has 1 heterocycles. The van der Waals surface area contributed by atoms with Crippen molar-refractivity contribution in [2.24, 2.45) is 0 Å². The van der Waals surface area contributed by atoms with Gasteiger partial charge in [0.15, 0.2) is 0 Å². The second-order valence-corrected chi connectivity index (χ2v) is 5.83. The Morgan fingerprint density at radius 2 is 1.92 bits per heavy atom. The number of carbonyl (C=O) groups excluding carboxylic acids is 2. The maximum atomic E-state index is 12.3. The highest BCUT2D eigenvalue weighted by molar-refractivity contribution is 6.04. The first kappa shape index (κ1) is 16.1. The number of rotatable bonds is 4. The monoisotopic (exact) mass is 324 g/mol. The molecule has 0 saturated carbocycles. The Hall–Kier alpha value is -2.82. The number of carbonyl (C=O) groups is 2. The van der Waals surface area contributed by atoms with Crippen LogP contribution in [0.3, 0.4) is 0 Å². The Morgan fingerprint density at radius 1 is 1.17 bits per heavy atom. The van der Waals surface area contributed by atoms with Crippen LogP contribution in [0.25, 0.3) is 0 Å². The molecule has 2 aromatic carbocycles. The van der Waals surface area contributed by atoms with Crippen molar-refractivity contribution in [3.8, 4) is 5.75 Å². The number of amides is 2. The van der Waals surface area contributed by atoms with E-state index in [-0.39, 0.29) is 11.8 Å². The third-order valence-electron chi connectivity index (χ3n) is 4.17. The summed E-state index contributed by atoms with van der Waals surface area (Å²) in [6.07, 6.45) is 1.50. The van der Waals surface area contributed by atoms with Crippen LogP contribution in [0, 0.1) is 6.92 Å². The van der Waals surface area contributed by atoms with Crippen LogP contribution in [0.15, 0.2) is 42.5 Å². The van der Waals surface area contributed by atoms with Crippen LogP contribution in [-0.2, 0) is 4.79 Å². The molecule has 1 aliphatic heterocycles. The average molecular weight is 324 g/mol. The van der Waals surface area contributed by atoms with Gasteiger partial charge in [0.1, 0.15) is 5.75 Å². The summed E-state index contributed by atoms with van der Waals surface area (Å²) in [6, 6.07) is 12.7. The summed E-state index contributed by atoms with van der Waals surface area (Å²) in [5, 5.41) is 2.87. The minimum Gasteiger partial charge on any atom is -0.496 e. The van der Waals surface area contributed by atoms with Crippen LogP contribution in [0.1, 0.15) is 28.8 Å².